The van der Waals surface area contributed by atoms with Gasteiger partial charge in [0.05, 0.1) is 17.5 Å². The number of fused-ring (bicyclic) bond motifs is 1. The lowest BCUT2D eigenvalue weighted by Crippen LogP contribution is -2.38. The van der Waals surface area contributed by atoms with E-state index < -0.39 is 9.84 Å². The number of hydrogen-bond acceptors (Lipinski definition) is 5. The Balaban J connectivity index is 2.00. The molecule has 0 unspecified atom stereocenters. The third kappa shape index (κ3) is 4.22. The van der Waals surface area contributed by atoms with Gasteiger partial charge in [-0.3, -0.25) is 4.79 Å². The van der Waals surface area contributed by atoms with Crippen molar-refractivity contribution < 1.29 is 13.2 Å². The number of aryl methyl sites for hydroxylation is 1. The Bertz CT molecular complexity index is 879. The van der Waals surface area contributed by atoms with E-state index in [9.17, 15) is 13.2 Å². The van der Waals surface area contributed by atoms with Gasteiger partial charge in [-0.2, -0.15) is 4.99 Å². The van der Waals surface area contributed by atoms with Crippen LogP contribution >= 0.6 is 11.8 Å². The molecule has 2 fully saturated rings. The first-order chi connectivity index (χ1) is 13.3. The van der Waals surface area contributed by atoms with Crippen LogP contribution in [-0.2, 0) is 14.6 Å². The molecule has 0 bridgehead atoms. The van der Waals surface area contributed by atoms with Crippen molar-refractivity contribution in [1.82, 2.24) is 0 Å². The Morgan fingerprint density at radius 2 is 1.96 bits per heavy atom. The Morgan fingerprint density at radius 1 is 1.25 bits per heavy atom. The predicted molar refractivity (Wildman–Crippen MR) is 118 cm³/mol. The van der Waals surface area contributed by atoms with Crippen LogP contribution in [0.3, 0.4) is 0 Å². The minimum atomic E-state index is -3.06. The van der Waals surface area contributed by atoms with Gasteiger partial charge in [0.15, 0.2) is 15.0 Å². The summed E-state index contributed by atoms with van der Waals surface area (Å²) >= 11 is 1.43. The molecular formula is C20H29N3O3S2. The molecule has 0 radical (unpaired) electrons. The van der Waals surface area contributed by atoms with Crippen LogP contribution in [0.4, 0.5) is 11.4 Å². The molecule has 2 aliphatic rings. The van der Waals surface area contributed by atoms with E-state index in [0.717, 1.165) is 36.4 Å². The van der Waals surface area contributed by atoms with E-state index in [4.69, 9.17) is 0 Å². The van der Waals surface area contributed by atoms with Crippen LogP contribution in [0.2, 0.25) is 0 Å². The van der Waals surface area contributed by atoms with Crippen LogP contribution in [0, 0.1) is 6.92 Å². The van der Waals surface area contributed by atoms with E-state index in [1.54, 1.807) is 0 Å². The molecule has 1 aromatic rings. The Kier molecular flexibility index (Phi) is 6.39. The number of hydrogen-bond donors (Lipinski definition) is 0. The second-order valence-corrected chi connectivity index (χ2v) is 10.7. The molecule has 2 aliphatic heterocycles. The molecule has 0 N–H and O–H groups in total. The third-order valence-electron chi connectivity index (χ3n) is 5.32. The fourth-order valence-corrected chi connectivity index (χ4v) is 7.84. The standard InChI is InChI=1S/C20H29N3O3S2/c1-5-8-19(24)21-20-23(17-12-28(25,26)13-18(17)27-20)16-10-9-15(11-14(16)4)22(6-2)7-3/h9-11,17-18H,5-8,12-13H2,1-4H3/t17-,18+/m1/s1. The normalized spacial score (nSPS) is 24.6. The van der Waals surface area contributed by atoms with Crippen LogP contribution in [0.5, 0.6) is 0 Å². The lowest BCUT2D eigenvalue weighted by atomic mass is 10.1. The third-order valence-corrected chi connectivity index (χ3v) is 8.53. The quantitative estimate of drug-likeness (QED) is 0.700. The van der Waals surface area contributed by atoms with Gasteiger partial charge in [0.1, 0.15) is 0 Å². The molecule has 2 heterocycles. The number of amides is 1. The first kappa shape index (κ1) is 21.2. The van der Waals surface area contributed by atoms with Gasteiger partial charge < -0.3 is 9.80 Å². The lowest BCUT2D eigenvalue weighted by molar-refractivity contribution is -0.117. The van der Waals surface area contributed by atoms with Crippen LogP contribution in [0.1, 0.15) is 39.2 Å². The van der Waals surface area contributed by atoms with Crippen molar-refractivity contribution in [2.24, 2.45) is 4.99 Å². The van der Waals surface area contributed by atoms with Crippen molar-refractivity contribution in [3.63, 3.8) is 0 Å². The number of nitrogens with zero attached hydrogens (tertiary/aromatic N) is 3. The van der Waals surface area contributed by atoms with Crippen molar-refractivity contribution in [3.05, 3.63) is 23.8 Å². The van der Waals surface area contributed by atoms with E-state index in [0.29, 0.717) is 11.6 Å². The summed E-state index contributed by atoms with van der Waals surface area (Å²) in [5.41, 5.74) is 3.15. The topological polar surface area (TPSA) is 70.0 Å². The molecule has 2 saturated heterocycles. The highest BCUT2D eigenvalue weighted by Crippen LogP contribution is 2.42. The van der Waals surface area contributed by atoms with Crippen molar-refractivity contribution in [3.8, 4) is 0 Å². The van der Waals surface area contributed by atoms with Crippen molar-refractivity contribution in [1.29, 1.82) is 0 Å². The summed E-state index contributed by atoms with van der Waals surface area (Å²) in [4.78, 5) is 20.8. The number of aliphatic imine (C=N–C) groups is 1. The number of benzene rings is 1. The highest BCUT2D eigenvalue weighted by molar-refractivity contribution is 8.16. The Hall–Kier alpha value is -1.54. The molecule has 3 rings (SSSR count). The molecule has 2 atom stereocenters. The number of carbonyl (C=O) groups is 1. The summed E-state index contributed by atoms with van der Waals surface area (Å²) in [5.74, 6) is 0.120. The maximum Gasteiger partial charge on any atom is 0.248 e. The highest BCUT2D eigenvalue weighted by atomic mass is 32.2. The summed E-state index contributed by atoms with van der Waals surface area (Å²) in [7, 11) is -3.06. The number of anilines is 2. The fourth-order valence-electron chi connectivity index (χ4n) is 3.92. The summed E-state index contributed by atoms with van der Waals surface area (Å²) in [6.07, 6.45) is 1.16. The second kappa shape index (κ2) is 8.45. The molecule has 1 amide bonds. The van der Waals surface area contributed by atoms with Gasteiger partial charge in [0.2, 0.25) is 5.91 Å². The summed E-state index contributed by atoms with van der Waals surface area (Å²) < 4.78 is 24.4. The van der Waals surface area contributed by atoms with E-state index in [2.05, 4.69) is 35.9 Å². The van der Waals surface area contributed by atoms with E-state index in [1.807, 2.05) is 24.8 Å². The van der Waals surface area contributed by atoms with Gasteiger partial charge >= 0.3 is 0 Å². The van der Waals surface area contributed by atoms with Crippen LogP contribution in [0.25, 0.3) is 0 Å². The summed E-state index contributed by atoms with van der Waals surface area (Å²) in [5, 5.41) is 0.571. The van der Waals surface area contributed by atoms with E-state index in [1.165, 1.54) is 11.8 Å². The number of amidine groups is 1. The molecule has 1 aromatic carbocycles. The van der Waals surface area contributed by atoms with Gasteiger partial charge in [-0.05, 0) is 51.0 Å². The Morgan fingerprint density at radius 3 is 2.57 bits per heavy atom. The first-order valence-corrected chi connectivity index (χ1v) is 12.6. The van der Waals surface area contributed by atoms with Gasteiger partial charge in [-0.15, -0.1) is 0 Å². The van der Waals surface area contributed by atoms with Gasteiger partial charge in [0.25, 0.3) is 0 Å². The highest BCUT2D eigenvalue weighted by Gasteiger charge is 2.49. The first-order valence-electron chi connectivity index (χ1n) is 9.93. The average Bonchev–Trinajstić information content (AvgIpc) is 3.08. The van der Waals surface area contributed by atoms with E-state index >= 15 is 0 Å². The monoisotopic (exact) mass is 423 g/mol. The number of carbonyl (C=O) groups excluding carboxylic acids is 1. The second-order valence-electron chi connectivity index (χ2n) is 7.35. The predicted octanol–water partition coefficient (Wildman–Crippen LogP) is 3.24. The zero-order valence-electron chi connectivity index (χ0n) is 17.0. The molecule has 154 valence electrons. The van der Waals surface area contributed by atoms with Crippen LogP contribution < -0.4 is 9.80 Å². The minimum absolute atomic E-state index is 0.0694. The molecular weight excluding hydrogens is 394 g/mol. The molecule has 8 heteroatoms. The lowest BCUT2D eigenvalue weighted by Gasteiger charge is -2.28. The van der Waals surface area contributed by atoms with Crippen molar-refractivity contribution in [2.75, 3.05) is 34.4 Å². The minimum Gasteiger partial charge on any atom is -0.372 e. The Labute approximate surface area is 172 Å². The van der Waals surface area contributed by atoms with Crippen molar-refractivity contribution >= 4 is 44.0 Å². The van der Waals surface area contributed by atoms with Crippen LogP contribution in [0.15, 0.2) is 23.2 Å². The SMILES string of the molecule is CCCC(=O)N=C1S[C@H]2CS(=O)(=O)C[C@H]2N1c1ccc(N(CC)CC)cc1C. The molecule has 0 aromatic heterocycles. The van der Waals surface area contributed by atoms with Crippen molar-refractivity contribution in [2.45, 2.75) is 51.8 Å². The summed E-state index contributed by atoms with van der Waals surface area (Å²) in [6, 6.07) is 6.08. The molecule has 0 aliphatic carbocycles. The molecule has 0 spiro atoms. The zero-order valence-corrected chi connectivity index (χ0v) is 18.6. The number of thioether (sulfide) groups is 1. The van der Waals surface area contributed by atoms with E-state index in [-0.39, 0.29) is 28.7 Å². The maximum absolute atomic E-state index is 12.2. The molecule has 28 heavy (non-hydrogen) atoms. The van der Waals surface area contributed by atoms with Gasteiger partial charge in [0, 0.05) is 36.1 Å². The van der Waals surface area contributed by atoms with Gasteiger partial charge in [-0.1, -0.05) is 18.7 Å². The molecule has 0 saturated carbocycles. The van der Waals surface area contributed by atoms with Crippen LogP contribution in [-0.4, -0.2) is 55.4 Å². The average molecular weight is 424 g/mol. The number of rotatable bonds is 6. The smallest absolute Gasteiger partial charge is 0.248 e. The largest absolute Gasteiger partial charge is 0.372 e. The maximum atomic E-state index is 12.2. The summed E-state index contributed by atoms with van der Waals surface area (Å²) in [6.45, 7) is 10.1. The fraction of sp³-hybridized carbons (Fsp3) is 0.600. The van der Waals surface area contributed by atoms with Gasteiger partial charge in [-0.25, -0.2) is 8.42 Å². The number of sulfone groups is 1. The zero-order chi connectivity index (χ0) is 20.5. The molecule has 6 nitrogen and oxygen atoms in total.